The zero-order valence-electron chi connectivity index (χ0n) is 14.0. The molecule has 0 spiro atoms. The van der Waals surface area contributed by atoms with Crippen LogP contribution in [0.5, 0.6) is 5.75 Å². The van der Waals surface area contributed by atoms with Gasteiger partial charge in [0.15, 0.2) is 0 Å². The van der Waals surface area contributed by atoms with Gasteiger partial charge in [-0.2, -0.15) is 0 Å². The van der Waals surface area contributed by atoms with E-state index in [0.29, 0.717) is 5.56 Å². The van der Waals surface area contributed by atoms with Gasteiger partial charge in [-0.3, -0.25) is 9.36 Å². The lowest BCUT2D eigenvalue weighted by atomic mass is 10.1. The van der Waals surface area contributed by atoms with Gasteiger partial charge in [-0.1, -0.05) is 24.6 Å². The third-order valence-electron chi connectivity index (χ3n) is 4.40. The van der Waals surface area contributed by atoms with Gasteiger partial charge >= 0.3 is 0 Å². The number of fused-ring (bicyclic) bond motifs is 1. The van der Waals surface area contributed by atoms with E-state index in [-0.39, 0.29) is 5.91 Å². The van der Waals surface area contributed by atoms with E-state index in [9.17, 15) is 4.79 Å². The van der Waals surface area contributed by atoms with Crippen LogP contribution in [-0.4, -0.2) is 17.6 Å². The third kappa shape index (κ3) is 2.52. The second-order valence-electron chi connectivity index (χ2n) is 5.81. The van der Waals surface area contributed by atoms with Gasteiger partial charge in [0.25, 0.3) is 5.91 Å². The van der Waals surface area contributed by atoms with Crippen LogP contribution >= 0.6 is 0 Å². The minimum absolute atomic E-state index is 0.0115. The topological polar surface area (TPSA) is 31.2 Å². The van der Waals surface area contributed by atoms with E-state index < -0.39 is 0 Å². The lowest BCUT2D eigenvalue weighted by Gasteiger charge is -2.08. The molecule has 3 heteroatoms. The second-order valence-corrected chi connectivity index (χ2v) is 5.81. The number of ether oxygens (including phenoxy) is 1. The Balaban J connectivity index is 2.22. The van der Waals surface area contributed by atoms with Crippen LogP contribution in [-0.2, 0) is 6.42 Å². The van der Waals surface area contributed by atoms with Crippen LogP contribution < -0.4 is 4.74 Å². The molecule has 3 aromatic rings. The average molecular weight is 307 g/mol. The maximum atomic E-state index is 13.0. The Morgan fingerprint density at radius 2 is 1.78 bits per heavy atom. The Kier molecular flexibility index (Phi) is 3.95. The molecule has 2 aromatic carbocycles. The maximum Gasteiger partial charge on any atom is 0.262 e. The largest absolute Gasteiger partial charge is 0.497 e. The highest BCUT2D eigenvalue weighted by Crippen LogP contribution is 2.30. The lowest BCUT2D eigenvalue weighted by molar-refractivity contribution is 0.0963. The van der Waals surface area contributed by atoms with Crippen molar-refractivity contribution in [2.75, 3.05) is 7.11 Å². The molecule has 0 amide bonds. The Morgan fingerprint density at radius 3 is 2.39 bits per heavy atom. The zero-order valence-corrected chi connectivity index (χ0v) is 14.0. The molecule has 3 rings (SSSR count). The highest BCUT2D eigenvalue weighted by atomic mass is 16.5. The second kappa shape index (κ2) is 5.92. The summed E-state index contributed by atoms with van der Waals surface area (Å²) in [7, 11) is 1.66. The average Bonchev–Trinajstić information content (AvgIpc) is 2.85. The molecule has 0 fully saturated rings. The van der Waals surface area contributed by atoms with Gasteiger partial charge < -0.3 is 4.74 Å². The van der Waals surface area contributed by atoms with E-state index in [1.54, 1.807) is 7.11 Å². The summed E-state index contributed by atoms with van der Waals surface area (Å²) in [5.41, 5.74) is 4.98. The standard InChI is InChI=1S/C20H21NO2/c1-5-17-14(3)21(19-11-10-16(23-4)12-18(17)19)20(22)15-8-6-13(2)7-9-15/h6-12H,5H2,1-4H3. The molecular formula is C20H21NO2. The fraction of sp³-hybridized carbons (Fsp3) is 0.250. The molecule has 0 aliphatic rings. The van der Waals surface area contributed by atoms with Crippen LogP contribution in [0.15, 0.2) is 42.5 Å². The molecule has 0 unspecified atom stereocenters. The SMILES string of the molecule is CCc1c(C)n(C(=O)c2ccc(C)cc2)c2ccc(OC)cc12. The molecule has 0 aliphatic heterocycles. The molecule has 23 heavy (non-hydrogen) atoms. The van der Waals surface area contributed by atoms with E-state index in [1.807, 2.05) is 60.9 Å². The van der Waals surface area contributed by atoms with E-state index in [1.165, 1.54) is 5.56 Å². The highest BCUT2D eigenvalue weighted by molar-refractivity contribution is 6.04. The van der Waals surface area contributed by atoms with Gasteiger partial charge in [-0.15, -0.1) is 0 Å². The van der Waals surface area contributed by atoms with Gasteiger partial charge in [-0.05, 0) is 56.2 Å². The minimum atomic E-state index is 0.0115. The molecule has 0 radical (unpaired) electrons. The van der Waals surface area contributed by atoms with Crippen molar-refractivity contribution in [2.24, 2.45) is 0 Å². The molecule has 0 N–H and O–H groups in total. The molecule has 0 aliphatic carbocycles. The number of benzene rings is 2. The molecular weight excluding hydrogens is 286 g/mol. The van der Waals surface area contributed by atoms with E-state index in [4.69, 9.17) is 4.74 Å². The monoisotopic (exact) mass is 307 g/mol. The van der Waals surface area contributed by atoms with Crippen molar-refractivity contribution in [1.82, 2.24) is 4.57 Å². The number of hydrogen-bond donors (Lipinski definition) is 0. The number of carbonyl (C=O) groups excluding carboxylic acids is 1. The molecule has 0 saturated carbocycles. The van der Waals surface area contributed by atoms with Crippen molar-refractivity contribution >= 4 is 16.8 Å². The summed E-state index contributed by atoms with van der Waals surface area (Å²) in [6.07, 6.45) is 0.879. The highest BCUT2D eigenvalue weighted by Gasteiger charge is 2.19. The number of rotatable bonds is 3. The normalized spacial score (nSPS) is 11.0. The maximum absolute atomic E-state index is 13.0. The molecule has 118 valence electrons. The summed E-state index contributed by atoms with van der Waals surface area (Å²) in [5.74, 6) is 0.824. The first-order valence-electron chi connectivity index (χ1n) is 7.86. The van der Waals surface area contributed by atoms with Crippen molar-refractivity contribution in [2.45, 2.75) is 27.2 Å². The van der Waals surface area contributed by atoms with Crippen molar-refractivity contribution in [3.63, 3.8) is 0 Å². The van der Waals surface area contributed by atoms with Crippen molar-refractivity contribution in [3.05, 3.63) is 64.8 Å². The van der Waals surface area contributed by atoms with E-state index in [0.717, 1.165) is 34.3 Å². The number of nitrogens with zero attached hydrogens (tertiary/aromatic N) is 1. The van der Waals surface area contributed by atoms with Crippen LogP contribution in [0.4, 0.5) is 0 Å². The minimum Gasteiger partial charge on any atom is -0.497 e. The number of carbonyl (C=O) groups is 1. The quantitative estimate of drug-likeness (QED) is 0.712. The summed E-state index contributed by atoms with van der Waals surface area (Å²) in [4.78, 5) is 13.0. The molecule has 0 bridgehead atoms. The molecule has 1 heterocycles. The molecule has 0 saturated heterocycles. The van der Waals surface area contributed by atoms with Crippen LogP contribution in [0.3, 0.4) is 0 Å². The summed E-state index contributed by atoms with van der Waals surface area (Å²) in [6.45, 7) is 6.14. The van der Waals surface area contributed by atoms with Crippen molar-refractivity contribution < 1.29 is 9.53 Å². The number of aryl methyl sites for hydroxylation is 2. The van der Waals surface area contributed by atoms with Gasteiger partial charge in [0.05, 0.1) is 12.6 Å². The van der Waals surface area contributed by atoms with Gasteiger partial charge in [-0.25, -0.2) is 0 Å². The molecule has 0 atom stereocenters. The van der Waals surface area contributed by atoms with Crippen molar-refractivity contribution in [1.29, 1.82) is 0 Å². The molecule has 3 nitrogen and oxygen atoms in total. The smallest absolute Gasteiger partial charge is 0.262 e. The Bertz CT molecular complexity index is 873. The Labute approximate surface area is 136 Å². The third-order valence-corrected chi connectivity index (χ3v) is 4.40. The van der Waals surface area contributed by atoms with Crippen LogP contribution in [0, 0.1) is 13.8 Å². The predicted molar refractivity (Wildman–Crippen MR) is 93.5 cm³/mol. The number of hydrogen-bond acceptors (Lipinski definition) is 2. The first-order chi connectivity index (χ1) is 11.1. The van der Waals surface area contributed by atoms with Crippen molar-refractivity contribution in [3.8, 4) is 5.75 Å². The Morgan fingerprint density at radius 1 is 1.09 bits per heavy atom. The van der Waals surface area contributed by atoms with Crippen LogP contribution in [0.25, 0.3) is 10.9 Å². The van der Waals surface area contributed by atoms with Crippen LogP contribution in [0.1, 0.15) is 34.1 Å². The summed E-state index contributed by atoms with van der Waals surface area (Å²) < 4.78 is 7.15. The van der Waals surface area contributed by atoms with Crippen LogP contribution in [0.2, 0.25) is 0 Å². The van der Waals surface area contributed by atoms with E-state index in [2.05, 4.69) is 6.92 Å². The number of methoxy groups -OCH3 is 1. The fourth-order valence-electron chi connectivity index (χ4n) is 3.12. The number of aromatic nitrogens is 1. The first kappa shape index (κ1) is 15.3. The lowest BCUT2D eigenvalue weighted by Crippen LogP contribution is -2.13. The zero-order chi connectivity index (χ0) is 16.6. The summed E-state index contributed by atoms with van der Waals surface area (Å²) in [6, 6.07) is 13.6. The summed E-state index contributed by atoms with van der Waals surface area (Å²) in [5, 5.41) is 1.09. The molecule has 1 aromatic heterocycles. The predicted octanol–water partition coefficient (Wildman–Crippen LogP) is 4.52. The van der Waals surface area contributed by atoms with Gasteiger partial charge in [0.2, 0.25) is 0 Å². The first-order valence-corrected chi connectivity index (χ1v) is 7.86. The van der Waals surface area contributed by atoms with Gasteiger partial charge in [0.1, 0.15) is 5.75 Å². The fourth-order valence-corrected chi connectivity index (χ4v) is 3.12. The Hall–Kier alpha value is -2.55. The van der Waals surface area contributed by atoms with E-state index >= 15 is 0 Å². The summed E-state index contributed by atoms with van der Waals surface area (Å²) >= 11 is 0. The van der Waals surface area contributed by atoms with Gasteiger partial charge in [0, 0.05) is 16.6 Å².